The molecule has 78 valence electrons. The van der Waals surface area contributed by atoms with Crippen LogP contribution in [0.3, 0.4) is 0 Å². The van der Waals surface area contributed by atoms with E-state index in [1.165, 1.54) is 4.31 Å². The highest BCUT2D eigenvalue weighted by atomic mass is 32.2. The van der Waals surface area contributed by atoms with Crippen molar-refractivity contribution in [1.29, 1.82) is 0 Å². The molecule has 1 heterocycles. The summed E-state index contributed by atoms with van der Waals surface area (Å²) >= 11 is 0. The maximum Gasteiger partial charge on any atom is 0.276 e. The molecule has 0 amide bonds. The van der Waals surface area contributed by atoms with Crippen LogP contribution in [-0.2, 0) is 10.2 Å². The molecule has 1 aliphatic heterocycles. The molecule has 0 bridgehead atoms. The average molecular weight is 207 g/mol. The molecule has 0 saturated carbocycles. The van der Waals surface area contributed by atoms with Gasteiger partial charge in [0.15, 0.2) is 0 Å². The van der Waals surface area contributed by atoms with E-state index in [0.717, 1.165) is 13.1 Å². The summed E-state index contributed by atoms with van der Waals surface area (Å²) < 4.78 is 23.2. The van der Waals surface area contributed by atoms with Gasteiger partial charge in [-0.05, 0) is 13.8 Å². The summed E-state index contributed by atoms with van der Waals surface area (Å²) in [5.41, 5.74) is 0. The van der Waals surface area contributed by atoms with Crippen LogP contribution in [0.15, 0.2) is 0 Å². The van der Waals surface area contributed by atoms with Crippen molar-refractivity contribution in [3.8, 4) is 0 Å². The number of piperazine rings is 1. The lowest BCUT2D eigenvalue weighted by molar-refractivity contribution is 0.154. The monoisotopic (exact) mass is 207 g/mol. The predicted octanol–water partition coefficient (Wildman–Crippen LogP) is -0.784. The summed E-state index contributed by atoms with van der Waals surface area (Å²) in [5, 5.41) is 5.01. The first-order valence-corrected chi connectivity index (χ1v) is 5.93. The Bertz CT molecular complexity index is 255. The maximum atomic E-state index is 10.9. The predicted molar refractivity (Wildman–Crippen MR) is 51.4 cm³/mol. The van der Waals surface area contributed by atoms with Gasteiger partial charge >= 0.3 is 0 Å². The van der Waals surface area contributed by atoms with Crippen LogP contribution >= 0.6 is 0 Å². The molecule has 0 aromatic carbocycles. The molecule has 1 aliphatic rings. The third-order valence-electron chi connectivity index (χ3n) is 2.36. The summed E-state index contributed by atoms with van der Waals surface area (Å²) in [5.74, 6) is 0. The normalized spacial score (nSPS) is 22.5. The SMILES string of the molecule is CC(C)N1CCN(S(N)(=O)=O)CC1. The van der Waals surface area contributed by atoms with Crippen LogP contribution in [0.25, 0.3) is 0 Å². The zero-order chi connectivity index (χ0) is 10.1. The van der Waals surface area contributed by atoms with E-state index in [2.05, 4.69) is 18.7 Å². The summed E-state index contributed by atoms with van der Waals surface area (Å²) in [7, 11) is -3.47. The molecular formula is C7H17N3O2S. The lowest BCUT2D eigenvalue weighted by Gasteiger charge is -2.35. The molecule has 5 nitrogen and oxygen atoms in total. The van der Waals surface area contributed by atoms with Crippen molar-refractivity contribution < 1.29 is 8.42 Å². The Morgan fingerprint density at radius 3 is 1.92 bits per heavy atom. The van der Waals surface area contributed by atoms with Crippen LogP contribution < -0.4 is 5.14 Å². The van der Waals surface area contributed by atoms with Crippen LogP contribution in [0.2, 0.25) is 0 Å². The number of hydrogen-bond acceptors (Lipinski definition) is 3. The van der Waals surface area contributed by atoms with Gasteiger partial charge in [-0.2, -0.15) is 12.7 Å². The van der Waals surface area contributed by atoms with E-state index in [0.29, 0.717) is 19.1 Å². The molecule has 6 heteroatoms. The molecule has 0 aliphatic carbocycles. The van der Waals surface area contributed by atoms with E-state index in [1.54, 1.807) is 0 Å². The zero-order valence-electron chi connectivity index (χ0n) is 8.10. The van der Waals surface area contributed by atoms with Gasteiger partial charge in [-0.1, -0.05) is 0 Å². The number of nitrogens with two attached hydrogens (primary N) is 1. The molecule has 2 N–H and O–H groups in total. The van der Waals surface area contributed by atoms with Crippen molar-refractivity contribution in [3.05, 3.63) is 0 Å². The molecule has 13 heavy (non-hydrogen) atoms. The van der Waals surface area contributed by atoms with Gasteiger partial charge in [0.2, 0.25) is 0 Å². The minimum atomic E-state index is -3.47. The van der Waals surface area contributed by atoms with Gasteiger partial charge < -0.3 is 0 Å². The van der Waals surface area contributed by atoms with Gasteiger partial charge in [0, 0.05) is 32.2 Å². The van der Waals surface area contributed by atoms with Crippen molar-refractivity contribution in [2.24, 2.45) is 5.14 Å². The van der Waals surface area contributed by atoms with Crippen LogP contribution in [0.5, 0.6) is 0 Å². The summed E-state index contributed by atoms with van der Waals surface area (Å²) in [6, 6.07) is 0.475. The molecule has 0 spiro atoms. The minimum Gasteiger partial charge on any atom is -0.298 e. The van der Waals surface area contributed by atoms with Crippen molar-refractivity contribution in [2.75, 3.05) is 26.2 Å². The summed E-state index contributed by atoms with van der Waals surface area (Å²) in [6.07, 6.45) is 0. The van der Waals surface area contributed by atoms with E-state index in [4.69, 9.17) is 5.14 Å². The Hall–Kier alpha value is -0.170. The second kappa shape index (κ2) is 3.91. The lowest BCUT2D eigenvalue weighted by atomic mass is 10.3. The van der Waals surface area contributed by atoms with Gasteiger partial charge in [0.25, 0.3) is 10.2 Å². The largest absolute Gasteiger partial charge is 0.298 e. The topological polar surface area (TPSA) is 66.6 Å². The number of rotatable bonds is 2. The van der Waals surface area contributed by atoms with Crippen molar-refractivity contribution >= 4 is 10.2 Å². The molecule has 1 fully saturated rings. The Kier molecular flexibility index (Phi) is 3.28. The molecule has 1 rings (SSSR count). The fraction of sp³-hybridized carbons (Fsp3) is 1.00. The Morgan fingerprint density at radius 2 is 1.62 bits per heavy atom. The Labute approximate surface area is 79.7 Å². The minimum absolute atomic E-state index is 0.475. The highest BCUT2D eigenvalue weighted by molar-refractivity contribution is 7.86. The van der Waals surface area contributed by atoms with E-state index in [1.807, 2.05) is 0 Å². The lowest BCUT2D eigenvalue weighted by Crippen LogP contribution is -2.52. The Balaban J connectivity index is 2.49. The van der Waals surface area contributed by atoms with Crippen LogP contribution in [-0.4, -0.2) is 49.8 Å². The molecule has 0 aromatic rings. The smallest absolute Gasteiger partial charge is 0.276 e. The van der Waals surface area contributed by atoms with E-state index >= 15 is 0 Å². The molecule has 0 unspecified atom stereocenters. The van der Waals surface area contributed by atoms with Crippen molar-refractivity contribution in [3.63, 3.8) is 0 Å². The first-order valence-electron chi connectivity index (χ1n) is 4.43. The second-order valence-electron chi connectivity index (χ2n) is 3.57. The fourth-order valence-corrected chi connectivity index (χ4v) is 2.15. The Morgan fingerprint density at radius 1 is 1.15 bits per heavy atom. The molecule has 0 aromatic heterocycles. The average Bonchev–Trinajstić information content (AvgIpc) is 2.03. The summed E-state index contributed by atoms with van der Waals surface area (Å²) in [6.45, 7) is 6.77. The summed E-state index contributed by atoms with van der Waals surface area (Å²) in [4.78, 5) is 2.24. The quantitative estimate of drug-likeness (QED) is 0.645. The van der Waals surface area contributed by atoms with Crippen LogP contribution in [0, 0.1) is 0 Å². The van der Waals surface area contributed by atoms with Gasteiger partial charge in [0.1, 0.15) is 0 Å². The highest BCUT2D eigenvalue weighted by Gasteiger charge is 2.24. The maximum absolute atomic E-state index is 10.9. The third kappa shape index (κ3) is 2.91. The second-order valence-corrected chi connectivity index (χ2v) is 5.12. The number of nitrogens with zero attached hydrogens (tertiary/aromatic N) is 2. The van der Waals surface area contributed by atoms with Gasteiger partial charge in [-0.25, -0.2) is 5.14 Å². The van der Waals surface area contributed by atoms with Crippen molar-refractivity contribution in [2.45, 2.75) is 19.9 Å². The molecule has 0 radical (unpaired) electrons. The van der Waals surface area contributed by atoms with Gasteiger partial charge in [-0.15, -0.1) is 0 Å². The fourth-order valence-electron chi connectivity index (χ4n) is 1.47. The van der Waals surface area contributed by atoms with Crippen LogP contribution in [0.1, 0.15) is 13.8 Å². The van der Waals surface area contributed by atoms with E-state index < -0.39 is 10.2 Å². The standard InChI is InChI=1S/C7H17N3O2S/c1-7(2)9-3-5-10(6-4-9)13(8,11)12/h7H,3-6H2,1-2H3,(H2,8,11,12). The van der Waals surface area contributed by atoms with E-state index in [9.17, 15) is 8.42 Å². The third-order valence-corrected chi connectivity index (χ3v) is 3.45. The van der Waals surface area contributed by atoms with Gasteiger partial charge in [-0.3, -0.25) is 4.90 Å². The van der Waals surface area contributed by atoms with Crippen LogP contribution in [0.4, 0.5) is 0 Å². The highest BCUT2D eigenvalue weighted by Crippen LogP contribution is 2.07. The molecular weight excluding hydrogens is 190 g/mol. The van der Waals surface area contributed by atoms with Gasteiger partial charge in [0.05, 0.1) is 0 Å². The van der Waals surface area contributed by atoms with E-state index in [-0.39, 0.29) is 0 Å². The molecule has 1 saturated heterocycles. The molecule has 0 atom stereocenters. The first-order chi connectivity index (χ1) is 5.91. The number of hydrogen-bond donors (Lipinski definition) is 1. The first kappa shape index (κ1) is 10.9. The van der Waals surface area contributed by atoms with Crippen molar-refractivity contribution in [1.82, 2.24) is 9.21 Å². The zero-order valence-corrected chi connectivity index (χ0v) is 8.92.